The van der Waals surface area contributed by atoms with E-state index in [9.17, 15) is 26.4 Å². The Hall–Kier alpha value is -2.14. The van der Waals surface area contributed by atoms with Gasteiger partial charge in [-0.05, 0) is 57.5 Å². The van der Waals surface area contributed by atoms with Crippen molar-refractivity contribution in [2.75, 3.05) is 11.5 Å². The monoisotopic (exact) mass is 481 g/mol. The van der Waals surface area contributed by atoms with Crippen molar-refractivity contribution in [1.82, 2.24) is 0 Å². The van der Waals surface area contributed by atoms with Crippen LogP contribution in [0, 0.1) is 0 Å². The molecule has 0 atom stereocenters. The first kappa shape index (κ1) is 25.1. The van der Waals surface area contributed by atoms with Gasteiger partial charge in [-0.25, -0.2) is 4.79 Å². The van der Waals surface area contributed by atoms with Gasteiger partial charge in [-0.2, -0.15) is 21.6 Å². The highest BCUT2D eigenvalue weighted by molar-refractivity contribution is 7.88. The lowest BCUT2D eigenvalue weighted by molar-refractivity contribution is -0.0499. The van der Waals surface area contributed by atoms with Crippen LogP contribution in [0.4, 0.5) is 18.0 Å². The van der Waals surface area contributed by atoms with Gasteiger partial charge in [0.05, 0.1) is 0 Å². The fourth-order valence-corrected chi connectivity index (χ4v) is 4.09. The second-order valence-electron chi connectivity index (χ2n) is 7.54. The molecule has 1 heterocycles. The van der Waals surface area contributed by atoms with Crippen LogP contribution in [0.5, 0.6) is 11.5 Å². The summed E-state index contributed by atoms with van der Waals surface area (Å²) >= 11 is 1.69. The van der Waals surface area contributed by atoms with Gasteiger partial charge in [0.2, 0.25) is 0 Å². The molecule has 0 radical (unpaired) electrons. The minimum Gasteiger partial charge on any atom is -0.428 e. The molecule has 0 N–H and O–H groups in total. The maximum atomic E-state index is 12.5. The highest BCUT2D eigenvalue weighted by atomic mass is 32.2. The van der Waals surface area contributed by atoms with Crippen LogP contribution in [0.1, 0.15) is 33.6 Å². The number of rotatable bonds is 3. The number of halogens is 3. The zero-order valence-electron chi connectivity index (χ0n) is 17.2. The highest BCUT2D eigenvalue weighted by Crippen LogP contribution is 2.35. The summed E-state index contributed by atoms with van der Waals surface area (Å²) in [5.74, 6) is 2.38. The second kappa shape index (κ2) is 9.99. The van der Waals surface area contributed by atoms with Crippen molar-refractivity contribution in [1.29, 1.82) is 0 Å². The first-order chi connectivity index (χ1) is 14.3. The standard InChI is InChI=1S/C16H15F3O6S.C4H8S/c1-15(2,3)24-14(20)23-12-8-4-7-11-10(12)6-5-9-13(11)25-26(21,22)16(17,18)19;1-2-4-5-3-1/h4-9H,1-3H3;1-4H2/p+1. The molecular weight excluding hydrogens is 457 g/mol. The summed E-state index contributed by atoms with van der Waals surface area (Å²) in [6.45, 7) is 4.89. The molecule has 1 saturated heterocycles. The molecule has 31 heavy (non-hydrogen) atoms. The lowest BCUT2D eigenvalue weighted by atomic mass is 10.1. The number of ether oxygens (including phenoxy) is 2. The molecule has 0 spiro atoms. The number of fused-ring (bicyclic) bond motifs is 1. The van der Waals surface area contributed by atoms with Crippen LogP contribution in [-0.4, -0.2) is 37.2 Å². The van der Waals surface area contributed by atoms with E-state index in [1.165, 1.54) is 54.7 Å². The van der Waals surface area contributed by atoms with E-state index in [2.05, 4.69) is 4.18 Å². The highest BCUT2D eigenvalue weighted by Gasteiger charge is 2.48. The van der Waals surface area contributed by atoms with Gasteiger partial charge < -0.3 is 13.7 Å². The summed E-state index contributed by atoms with van der Waals surface area (Å²) in [5, 5.41) is 0.189. The summed E-state index contributed by atoms with van der Waals surface area (Å²) in [7, 11) is -5.83. The number of hydrogen-bond acceptors (Lipinski definition) is 6. The maximum absolute atomic E-state index is 12.5. The van der Waals surface area contributed by atoms with Gasteiger partial charge in [-0.15, -0.1) is 0 Å². The minimum atomic E-state index is -5.83. The Bertz CT molecular complexity index is 1000. The van der Waals surface area contributed by atoms with E-state index in [0.29, 0.717) is 0 Å². The molecule has 0 saturated carbocycles. The van der Waals surface area contributed by atoms with Crippen LogP contribution >= 0.6 is 0 Å². The summed E-state index contributed by atoms with van der Waals surface area (Å²) in [4.78, 5) is 11.8. The van der Waals surface area contributed by atoms with Crippen molar-refractivity contribution >= 4 is 38.8 Å². The normalized spacial score (nSPS) is 14.5. The molecule has 0 bridgehead atoms. The molecule has 11 heteroatoms. The zero-order chi connectivity index (χ0) is 23.3. The molecule has 3 rings (SSSR count). The average molecular weight is 482 g/mol. The van der Waals surface area contributed by atoms with Crippen molar-refractivity contribution in [2.24, 2.45) is 0 Å². The smallest absolute Gasteiger partial charge is 0.428 e. The molecule has 0 aromatic heterocycles. The Morgan fingerprint density at radius 2 is 1.45 bits per heavy atom. The van der Waals surface area contributed by atoms with Crippen LogP contribution in [0.25, 0.3) is 10.8 Å². The van der Waals surface area contributed by atoms with Crippen LogP contribution < -0.4 is 8.92 Å². The third-order valence-electron chi connectivity index (χ3n) is 3.79. The summed E-state index contributed by atoms with van der Waals surface area (Å²) in [5.41, 5.74) is -6.38. The van der Waals surface area contributed by atoms with E-state index >= 15 is 0 Å². The van der Waals surface area contributed by atoms with Crippen LogP contribution in [0.3, 0.4) is 0 Å². The molecule has 2 aromatic carbocycles. The summed E-state index contributed by atoms with van der Waals surface area (Å²) in [6.07, 6.45) is 1.96. The van der Waals surface area contributed by atoms with E-state index < -0.39 is 33.1 Å². The van der Waals surface area contributed by atoms with Crippen LogP contribution in [0.2, 0.25) is 0 Å². The van der Waals surface area contributed by atoms with Crippen molar-refractivity contribution < 1.29 is 40.0 Å². The largest absolute Gasteiger partial charge is 0.534 e. The molecule has 1 fully saturated rings. The third-order valence-corrected chi connectivity index (χ3v) is 6.02. The predicted octanol–water partition coefficient (Wildman–Crippen LogP) is 4.98. The van der Waals surface area contributed by atoms with Crippen molar-refractivity contribution in [3.05, 3.63) is 36.4 Å². The van der Waals surface area contributed by atoms with E-state index in [1.54, 1.807) is 32.5 Å². The Balaban J connectivity index is 0.000000597. The quantitative estimate of drug-likeness (QED) is 0.154. The van der Waals surface area contributed by atoms with Gasteiger partial charge in [-0.3, -0.25) is 0 Å². The van der Waals surface area contributed by atoms with Crippen molar-refractivity contribution in [2.45, 2.75) is 44.7 Å². The SMILES string of the molecule is C1CC[SH+]C1.CC(C)(C)OC(=O)Oc1cccc2c(OS(=O)(=O)C(F)(F)F)cccc12. The third kappa shape index (κ3) is 7.49. The Morgan fingerprint density at radius 3 is 1.90 bits per heavy atom. The van der Waals surface area contributed by atoms with Gasteiger partial charge in [0.25, 0.3) is 0 Å². The first-order valence-electron chi connectivity index (χ1n) is 9.37. The van der Waals surface area contributed by atoms with Crippen molar-refractivity contribution in [3.63, 3.8) is 0 Å². The van der Waals surface area contributed by atoms with Gasteiger partial charge in [0.15, 0.2) is 5.75 Å². The van der Waals surface area contributed by atoms with E-state index in [0.717, 1.165) is 6.07 Å². The van der Waals surface area contributed by atoms with E-state index in [1.807, 2.05) is 0 Å². The zero-order valence-corrected chi connectivity index (χ0v) is 18.9. The van der Waals surface area contributed by atoms with Gasteiger partial charge >= 0.3 is 21.8 Å². The molecule has 6 nitrogen and oxygen atoms in total. The Kier molecular flexibility index (Phi) is 8.09. The number of alkyl halides is 3. The summed E-state index contributed by atoms with van der Waals surface area (Å²) in [6, 6.07) is 7.85. The van der Waals surface area contributed by atoms with E-state index in [-0.39, 0.29) is 16.5 Å². The van der Waals surface area contributed by atoms with Crippen molar-refractivity contribution in [3.8, 4) is 11.5 Å². The van der Waals surface area contributed by atoms with Crippen LogP contribution in [0.15, 0.2) is 36.4 Å². The number of hydrogen-bond donors (Lipinski definition) is 0. The summed E-state index contributed by atoms with van der Waals surface area (Å²) < 4.78 is 74.3. The van der Waals surface area contributed by atoms with Gasteiger partial charge in [-0.1, -0.05) is 24.3 Å². The molecule has 172 valence electrons. The lowest BCUT2D eigenvalue weighted by Gasteiger charge is -2.19. The molecule has 0 amide bonds. The lowest BCUT2D eigenvalue weighted by Crippen LogP contribution is -2.28. The topological polar surface area (TPSA) is 78.9 Å². The molecule has 0 aliphatic carbocycles. The Morgan fingerprint density at radius 1 is 0.935 bits per heavy atom. The predicted molar refractivity (Wildman–Crippen MR) is 114 cm³/mol. The molecule has 1 aliphatic heterocycles. The minimum absolute atomic E-state index is 0.0152. The fourth-order valence-electron chi connectivity index (χ4n) is 2.50. The number of benzene rings is 2. The van der Waals surface area contributed by atoms with Gasteiger partial charge in [0, 0.05) is 10.8 Å². The number of carbonyl (C=O) groups is 1. The molecular formula is C20H24F3O6S2+. The van der Waals surface area contributed by atoms with Crippen LogP contribution in [-0.2, 0) is 26.6 Å². The number of carbonyl (C=O) groups excluding carboxylic acids is 1. The maximum Gasteiger partial charge on any atom is 0.534 e. The Labute approximate surface area is 183 Å². The van der Waals surface area contributed by atoms with E-state index in [4.69, 9.17) is 9.47 Å². The first-order valence-corrected chi connectivity index (χ1v) is 12.0. The average Bonchev–Trinajstić information content (AvgIpc) is 3.19. The molecule has 2 aromatic rings. The second-order valence-corrected chi connectivity index (χ2v) is 10.4. The van der Waals surface area contributed by atoms with Gasteiger partial charge in [0.1, 0.15) is 22.9 Å². The molecule has 0 unspecified atom stereocenters. The molecule has 1 aliphatic rings. The number of thiol groups is 1. The fraction of sp³-hybridized carbons (Fsp3) is 0.450.